The van der Waals surface area contributed by atoms with Gasteiger partial charge in [0, 0.05) is 0 Å². The molecule has 0 unspecified atom stereocenters. The molecule has 0 aliphatic carbocycles. The van der Waals surface area contributed by atoms with Crippen LogP contribution in [-0.2, 0) is 4.79 Å². The molecule has 0 aromatic heterocycles. The molecule has 96 valence electrons. The smallest absolute Gasteiger partial charge is 0.405 e. The maximum absolute atomic E-state index is 12.0. The first kappa shape index (κ1) is 12.2. The van der Waals surface area contributed by atoms with E-state index in [4.69, 9.17) is 9.84 Å². The monoisotopic (exact) mass is 250 g/mol. The fraction of sp³-hybridized carbons (Fsp3) is 0.333. The minimum absolute atomic E-state index is 0.408. The highest BCUT2D eigenvalue weighted by Crippen LogP contribution is 2.29. The molecule has 2 atom stereocenters. The van der Waals surface area contributed by atoms with Crippen LogP contribution in [0.3, 0.4) is 0 Å². The van der Waals surface area contributed by atoms with Crippen LogP contribution in [0.4, 0.5) is 10.5 Å². The quantitative estimate of drug-likeness (QED) is 0.741. The van der Waals surface area contributed by atoms with Gasteiger partial charge >= 0.3 is 6.09 Å². The van der Waals surface area contributed by atoms with Gasteiger partial charge in [-0.3, -0.25) is 4.79 Å². The first-order valence-electron chi connectivity index (χ1n) is 5.68. The van der Waals surface area contributed by atoms with Crippen molar-refractivity contribution < 1.29 is 19.4 Å². The van der Waals surface area contributed by atoms with Gasteiger partial charge in [0.15, 0.2) is 0 Å². The Balaban J connectivity index is 2.31. The molecule has 0 saturated carbocycles. The first-order valence-corrected chi connectivity index (χ1v) is 5.68. The summed E-state index contributed by atoms with van der Waals surface area (Å²) in [6.45, 7) is 1.84. The molecule has 2 rings (SSSR count). The number of hydrogen-bond donors (Lipinski definition) is 3. The Bertz CT molecular complexity index is 475. The SMILES string of the molecule is CC[C@@H]1Oc2ccccc2NC(=O)[C@@H]1NC(=O)O. The average molecular weight is 250 g/mol. The van der Waals surface area contributed by atoms with E-state index in [0.29, 0.717) is 17.9 Å². The molecular weight excluding hydrogens is 236 g/mol. The van der Waals surface area contributed by atoms with Gasteiger partial charge in [-0.05, 0) is 18.6 Å². The number of para-hydroxylation sites is 2. The molecule has 2 amide bonds. The van der Waals surface area contributed by atoms with Crippen molar-refractivity contribution in [1.82, 2.24) is 5.32 Å². The van der Waals surface area contributed by atoms with Gasteiger partial charge in [0.2, 0.25) is 0 Å². The topological polar surface area (TPSA) is 87.7 Å². The number of hydrogen-bond acceptors (Lipinski definition) is 3. The third-order valence-corrected chi connectivity index (χ3v) is 2.76. The van der Waals surface area contributed by atoms with E-state index in [1.54, 1.807) is 24.3 Å². The molecule has 1 aliphatic rings. The summed E-state index contributed by atoms with van der Waals surface area (Å²) in [5.41, 5.74) is 0.552. The number of fused-ring (bicyclic) bond motifs is 1. The Labute approximate surface area is 104 Å². The molecule has 3 N–H and O–H groups in total. The summed E-state index contributed by atoms with van der Waals surface area (Å²) in [7, 11) is 0. The standard InChI is InChI=1S/C12H14N2O4/c1-2-8-10(14-12(16)17)11(15)13-7-5-3-4-6-9(7)18-8/h3-6,8,10,14H,2H2,1H3,(H,13,15)(H,16,17)/t8-,10+/m0/s1. The van der Waals surface area contributed by atoms with Crippen molar-refractivity contribution in [2.75, 3.05) is 5.32 Å². The Morgan fingerprint density at radius 3 is 2.89 bits per heavy atom. The zero-order chi connectivity index (χ0) is 13.1. The number of carboxylic acid groups (broad SMARTS) is 1. The number of benzene rings is 1. The van der Waals surface area contributed by atoms with E-state index in [2.05, 4.69) is 10.6 Å². The van der Waals surface area contributed by atoms with Crippen LogP contribution < -0.4 is 15.4 Å². The second kappa shape index (κ2) is 4.95. The maximum atomic E-state index is 12.0. The van der Waals surface area contributed by atoms with Crippen LogP contribution in [0.2, 0.25) is 0 Å². The third kappa shape index (κ3) is 2.37. The zero-order valence-electron chi connectivity index (χ0n) is 9.84. The molecule has 1 aromatic carbocycles. The Hall–Kier alpha value is -2.24. The molecule has 0 fully saturated rings. The molecule has 1 aromatic rings. The number of rotatable bonds is 2. The highest BCUT2D eigenvalue weighted by molar-refractivity contribution is 5.98. The number of carbonyl (C=O) groups is 2. The van der Waals surface area contributed by atoms with E-state index < -0.39 is 24.1 Å². The lowest BCUT2D eigenvalue weighted by Gasteiger charge is -2.22. The number of nitrogens with one attached hydrogen (secondary N) is 2. The first-order chi connectivity index (χ1) is 8.61. The van der Waals surface area contributed by atoms with Crippen LogP contribution >= 0.6 is 0 Å². The van der Waals surface area contributed by atoms with E-state index in [1.807, 2.05) is 6.92 Å². The van der Waals surface area contributed by atoms with Crippen molar-refractivity contribution in [3.63, 3.8) is 0 Å². The molecule has 0 radical (unpaired) electrons. The van der Waals surface area contributed by atoms with Gasteiger partial charge in [0.25, 0.3) is 5.91 Å². The molecule has 1 aliphatic heterocycles. The number of amides is 2. The van der Waals surface area contributed by atoms with Gasteiger partial charge in [-0.25, -0.2) is 4.79 Å². The fourth-order valence-corrected chi connectivity index (χ4v) is 1.89. The number of anilines is 1. The van der Waals surface area contributed by atoms with E-state index in [1.165, 1.54) is 0 Å². The van der Waals surface area contributed by atoms with E-state index in [9.17, 15) is 9.59 Å². The highest BCUT2D eigenvalue weighted by Gasteiger charge is 2.33. The highest BCUT2D eigenvalue weighted by atomic mass is 16.5. The molecular formula is C12H14N2O4. The van der Waals surface area contributed by atoms with Gasteiger partial charge in [-0.15, -0.1) is 0 Å². The maximum Gasteiger partial charge on any atom is 0.405 e. The molecule has 0 spiro atoms. The molecule has 1 heterocycles. The Morgan fingerprint density at radius 2 is 2.22 bits per heavy atom. The van der Waals surface area contributed by atoms with Crippen molar-refractivity contribution in [2.24, 2.45) is 0 Å². The Morgan fingerprint density at radius 1 is 1.50 bits per heavy atom. The van der Waals surface area contributed by atoms with Crippen LogP contribution in [0.5, 0.6) is 5.75 Å². The third-order valence-electron chi connectivity index (χ3n) is 2.76. The van der Waals surface area contributed by atoms with Crippen LogP contribution in [-0.4, -0.2) is 29.3 Å². The van der Waals surface area contributed by atoms with Gasteiger partial charge in [0.05, 0.1) is 5.69 Å². The van der Waals surface area contributed by atoms with Crippen molar-refractivity contribution in [2.45, 2.75) is 25.5 Å². The molecule has 6 heteroatoms. The summed E-state index contributed by atoms with van der Waals surface area (Å²) >= 11 is 0. The predicted molar refractivity (Wildman–Crippen MR) is 64.7 cm³/mol. The van der Waals surface area contributed by atoms with E-state index >= 15 is 0 Å². The largest absolute Gasteiger partial charge is 0.486 e. The summed E-state index contributed by atoms with van der Waals surface area (Å²) in [5, 5.41) is 13.6. The van der Waals surface area contributed by atoms with Gasteiger partial charge in [-0.2, -0.15) is 0 Å². The number of carbonyl (C=O) groups excluding carboxylic acids is 1. The van der Waals surface area contributed by atoms with Crippen LogP contribution in [0.25, 0.3) is 0 Å². The molecule has 0 saturated heterocycles. The van der Waals surface area contributed by atoms with Gasteiger partial charge in [-0.1, -0.05) is 19.1 Å². The normalized spacial score (nSPS) is 22.2. The lowest BCUT2D eigenvalue weighted by molar-refractivity contribution is -0.119. The van der Waals surface area contributed by atoms with Crippen molar-refractivity contribution in [3.8, 4) is 5.75 Å². The van der Waals surface area contributed by atoms with Crippen molar-refractivity contribution >= 4 is 17.7 Å². The molecule has 0 bridgehead atoms. The van der Waals surface area contributed by atoms with E-state index in [0.717, 1.165) is 0 Å². The second-order valence-corrected chi connectivity index (χ2v) is 3.98. The van der Waals surface area contributed by atoms with Gasteiger partial charge in [0.1, 0.15) is 17.9 Å². The van der Waals surface area contributed by atoms with Crippen LogP contribution in [0.1, 0.15) is 13.3 Å². The van der Waals surface area contributed by atoms with Crippen molar-refractivity contribution in [3.05, 3.63) is 24.3 Å². The lowest BCUT2D eigenvalue weighted by Crippen LogP contribution is -2.51. The predicted octanol–water partition coefficient (Wildman–Crippen LogP) is 1.43. The van der Waals surface area contributed by atoms with E-state index in [-0.39, 0.29) is 0 Å². The summed E-state index contributed by atoms with van der Waals surface area (Å²) < 4.78 is 5.68. The summed E-state index contributed by atoms with van der Waals surface area (Å²) in [6, 6.07) is 6.10. The average Bonchev–Trinajstić information content (AvgIpc) is 2.46. The summed E-state index contributed by atoms with van der Waals surface area (Å²) in [5.74, 6) is 0.140. The molecule has 6 nitrogen and oxygen atoms in total. The summed E-state index contributed by atoms with van der Waals surface area (Å²) in [4.78, 5) is 22.7. The Kier molecular flexibility index (Phi) is 3.36. The van der Waals surface area contributed by atoms with Crippen molar-refractivity contribution in [1.29, 1.82) is 0 Å². The minimum Gasteiger partial charge on any atom is -0.486 e. The molecule has 18 heavy (non-hydrogen) atoms. The fourth-order valence-electron chi connectivity index (χ4n) is 1.89. The van der Waals surface area contributed by atoms with Crippen LogP contribution in [0, 0.1) is 0 Å². The lowest BCUT2D eigenvalue weighted by atomic mass is 10.1. The zero-order valence-corrected chi connectivity index (χ0v) is 9.84. The summed E-state index contributed by atoms with van der Waals surface area (Å²) in [6.07, 6.45) is -1.25. The number of ether oxygens (including phenoxy) is 1. The second-order valence-electron chi connectivity index (χ2n) is 3.98. The minimum atomic E-state index is -1.25. The van der Waals surface area contributed by atoms with Crippen LogP contribution in [0.15, 0.2) is 24.3 Å². The van der Waals surface area contributed by atoms with Gasteiger partial charge < -0.3 is 20.5 Å².